The first kappa shape index (κ1) is 15.2. The summed E-state index contributed by atoms with van der Waals surface area (Å²) in [6.07, 6.45) is 3.23. The van der Waals surface area contributed by atoms with Crippen LogP contribution in [-0.2, 0) is 10.8 Å². The van der Waals surface area contributed by atoms with Gasteiger partial charge in [0, 0.05) is 21.6 Å². The van der Waals surface area contributed by atoms with Gasteiger partial charge in [-0.15, -0.1) is 0 Å². The first-order valence-electron chi connectivity index (χ1n) is 6.69. The first-order valence-corrected chi connectivity index (χ1v) is 7.91. The van der Waals surface area contributed by atoms with Gasteiger partial charge in [-0.05, 0) is 51.4 Å². The molecule has 4 unspecified atom stereocenters. The van der Waals surface area contributed by atoms with E-state index in [4.69, 9.17) is 5.73 Å². The quantitative estimate of drug-likeness (QED) is 0.786. The molecule has 0 saturated heterocycles. The van der Waals surface area contributed by atoms with E-state index < -0.39 is 10.8 Å². The van der Waals surface area contributed by atoms with Crippen LogP contribution in [0.3, 0.4) is 0 Å². The maximum atomic E-state index is 12.5. The Balaban J connectivity index is 2.81. The van der Waals surface area contributed by atoms with Crippen LogP contribution in [0.15, 0.2) is 0 Å². The van der Waals surface area contributed by atoms with E-state index in [9.17, 15) is 4.21 Å². The standard InChI is InChI=1S/C14H29NOS/c1-13(2,3)10-7-8-11(15)12(9-10)17(16)14(4,5)6/h10-12H,7-9,15H2,1-6H3. The molecule has 1 aliphatic rings. The van der Waals surface area contributed by atoms with Crippen molar-refractivity contribution in [3.63, 3.8) is 0 Å². The van der Waals surface area contributed by atoms with Gasteiger partial charge in [0.05, 0.1) is 5.25 Å². The van der Waals surface area contributed by atoms with Crippen LogP contribution >= 0.6 is 0 Å². The lowest BCUT2D eigenvalue weighted by molar-refractivity contribution is 0.172. The smallest absolute Gasteiger partial charge is 0.0507 e. The third kappa shape index (κ3) is 3.78. The lowest BCUT2D eigenvalue weighted by atomic mass is 9.71. The van der Waals surface area contributed by atoms with Crippen molar-refractivity contribution in [2.75, 3.05) is 0 Å². The van der Waals surface area contributed by atoms with Crippen molar-refractivity contribution in [3.8, 4) is 0 Å². The Morgan fingerprint density at radius 3 is 2.00 bits per heavy atom. The van der Waals surface area contributed by atoms with Gasteiger partial charge in [-0.25, -0.2) is 0 Å². The highest BCUT2D eigenvalue weighted by atomic mass is 32.2. The second-order valence-electron chi connectivity index (χ2n) is 7.49. The SMILES string of the molecule is CC(C)(C)C1CCC(N)C(S(=O)C(C)(C)C)C1. The highest BCUT2D eigenvalue weighted by Gasteiger charge is 2.40. The fourth-order valence-corrected chi connectivity index (χ4v) is 4.41. The molecule has 0 bridgehead atoms. The molecule has 3 heteroatoms. The van der Waals surface area contributed by atoms with E-state index in [1.54, 1.807) is 0 Å². The van der Waals surface area contributed by atoms with Gasteiger partial charge in [0.1, 0.15) is 0 Å². The Hall–Kier alpha value is 0.110. The Bertz CT molecular complexity index is 288. The van der Waals surface area contributed by atoms with Crippen molar-refractivity contribution < 1.29 is 4.21 Å². The molecular formula is C14H29NOS. The van der Waals surface area contributed by atoms with Crippen LogP contribution in [0.4, 0.5) is 0 Å². The van der Waals surface area contributed by atoms with E-state index in [0.29, 0.717) is 11.3 Å². The molecule has 0 amide bonds. The van der Waals surface area contributed by atoms with Crippen LogP contribution in [0.1, 0.15) is 60.8 Å². The number of hydrogen-bond donors (Lipinski definition) is 1. The molecule has 0 radical (unpaired) electrons. The predicted molar refractivity (Wildman–Crippen MR) is 76.5 cm³/mol. The van der Waals surface area contributed by atoms with E-state index in [1.807, 2.05) is 0 Å². The van der Waals surface area contributed by atoms with E-state index in [-0.39, 0.29) is 16.0 Å². The number of rotatable bonds is 1. The molecule has 0 heterocycles. The lowest BCUT2D eigenvalue weighted by Crippen LogP contribution is -2.49. The summed E-state index contributed by atoms with van der Waals surface area (Å²) in [7, 11) is -0.834. The molecule has 102 valence electrons. The van der Waals surface area contributed by atoms with Gasteiger partial charge in [0.2, 0.25) is 0 Å². The Morgan fingerprint density at radius 2 is 1.59 bits per heavy atom. The Kier molecular flexibility index (Phi) is 4.47. The molecule has 2 nitrogen and oxygen atoms in total. The molecule has 4 atom stereocenters. The first-order chi connectivity index (χ1) is 7.53. The molecule has 0 aromatic rings. The fourth-order valence-electron chi connectivity index (χ4n) is 2.64. The third-order valence-electron chi connectivity index (χ3n) is 3.95. The van der Waals surface area contributed by atoms with Gasteiger partial charge in [0.15, 0.2) is 0 Å². The highest BCUT2D eigenvalue weighted by molar-refractivity contribution is 7.87. The van der Waals surface area contributed by atoms with E-state index in [1.165, 1.54) is 6.42 Å². The van der Waals surface area contributed by atoms with Crippen LogP contribution in [0.5, 0.6) is 0 Å². The van der Waals surface area contributed by atoms with Crippen molar-refractivity contribution in [2.45, 2.75) is 76.8 Å². The van der Waals surface area contributed by atoms with Crippen molar-refractivity contribution >= 4 is 10.8 Å². The minimum absolute atomic E-state index is 0.119. The van der Waals surface area contributed by atoms with Gasteiger partial charge >= 0.3 is 0 Å². The summed E-state index contributed by atoms with van der Waals surface area (Å²) in [5.74, 6) is 0.651. The van der Waals surface area contributed by atoms with E-state index >= 15 is 0 Å². The maximum Gasteiger partial charge on any atom is 0.0507 e. The second kappa shape index (κ2) is 5.00. The van der Waals surface area contributed by atoms with Gasteiger partial charge in [-0.2, -0.15) is 0 Å². The normalized spacial score (nSPS) is 33.5. The minimum Gasteiger partial charge on any atom is -0.327 e. The zero-order valence-electron chi connectivity index (χ0n) is 12.2. The fraction of sp³-hybridized carbons (Fsp3) is 1.00. The average molecular weight is 259 g/mol. The molecule has 0 aromatic heterocycles. The highest BCUT2D eigenvalue weighted by Crippen LogP contribution is 2.40. The third-order valence-corrected chi connectivity index (χ3v) is 6.25. The summed E-state index contributed by atoms with van der Waals surface area (Å²) in [6, 6.07) is 0.119. The van der Waals surface area contributed by atoms with Gasteiger partial charge in [0.25, 0.3) is 0 Å². The van der Waals surface area contributed by atoms with Crippen molar-refractivity contribution in [3.05, 3.63) is 0 Å². The molecule has 0 aromatic carbocycles. The Labute approximate surface area is 109 Å². The molecule has 1 aliphatic carbocycles. The van der Waals surface area contributed by atoms with E-state index in [2.05, 4.69) is 41.5 Å². The number of nitrogens with two attached hydrogens (primary N) is 1. The van der Waals surface area contributed by atoms with Gasteiger partial charge < -0.3 is 5.73 Å². The van der Waals surface area contributed by atoms with Crippen LogP contribution in [0, 0.1) is 11.3 Å². The number of hydrogen-bond acceptors (Lipinski definition) is 2. The topological polar surface area (TPSA) is 43.1 Å². The van der Waals surface area contributed by atoms with E-state index in [0.717, 1.165) is 12.8 Å². The summed E-state index contributed by atoms with van der Waals surface area (Å²) in [4.78, 5) is 0. The molecule has 1 fully saturated rings. The van der Waals surface area contributed by atoms with Crippen LogP contribution in [0.25, 0.3) is 0 Å². The monoisotopic (exact) mass is 259 g/mol. The molecular weight excluding hydrogens is 230 g/mol. The lowest BCUT2D eigenvalue weighted by Gasteiger charge is -2.42. The van der Waals surface area contributed by atoms with Crippen LogP contribution in [0.2, 0.25) is 0 Å². The van der Waals surface area contributed by atoms with Crippen molar-refractivity contribution in [2.24, 2.45) is 17.1 Å². The summed E-state index contributed by atoms with van der Waals surface area (Å²) in [5.41, 5.74) is 6.50. The second-order valence-corrected chi connectivity index (χ2v) is 9.91. The van der Waals surface area contributed by atoms with Crippen LogP contribution < -0.4 is 5.73 Å². The molecule has 0 aliphatic heterocycles. The summed E-state index contributed by atoms with van der Waals surface area (Å²) in [5, 5.41) is 0.174. The van der Waals surface area contributed by atoms with Crippen molar-refractivity contribution in [1.82, 2.24) is 0 Å². The summed E-state index contributed by atoms with van der Waals surface area (Å²) in [6.45, 7) is 13.0. The summed E-state index contributed by atoms with van der Waals surface area (Å²) < 4.78 is 12.4. The molecule has 1 rings (SSSR count). The molecule has 1 saturated carbocycles. The van der Waals surface area contributed by atoms with Gasteiger partial charge in [-0.1, -0.05) is 20.8 Å². The maximum absolute atomic E-state index is 12.5. The average Bonchev–Trinajstić information content (AvgIpc) is 2.14. The molecule has 0 spiro atoms. The van der Waals surface area contributed by atoms with Crippen LogP contribution in [-0.4, -0.2) is 20.2 Å². The Morgan fingerprint density at radius 1 is 1.06 bits per heavy atom. The zero-order chi connectivity index (χ0) is 13.4. The molecule has 2 N–H and O–H groups in total. The predicted octanol–water partition coefficient (Wildman–Crippen LogP) is 3.08. The van der Waals surface area contributed by atoms with Crippen molar-refractivity contribution in [1.29, 1.82) is 0 Å². The molecule has 17 heavy (non-hydrogen) atoms. The van der Waals surface area contributed by atoms with Gasteiger partial charge in [-0.3, -0.25) is 4.21 Å². The zero-order valence-corrected chi connectivity index (χ0v) is 13.1. The summed E-state index contributed by atoms with van der Waals surface area (Å²) >= 11 is 0. The largest absolute Gasteiger partial charge is 0.327 e. The minimum atomic E-state index is -0.834.